The second-order valence-corrected chi connectivity index (χ2v) is 7.27. The average molecular weight is 356 g/mol. The molecule has 1 unspecified atom stereocenters. The van der Waals surface area contributed by atoms with Gasteiger partial charge in [-0.1, -0.05) is 13.3 Å². The zero-order valence-corrected chi connectivity index (χ0v) is 15.9. The highest BCUT2D eigenvalue weighted by atomic mass is 16.5. The highest BCUT2D eigenvalue weighted by Gasteiger charge is 2.21. The Labute approximate surface area is 154 Å². The number of H-pyrrole nitrogens is 1. The van der Waals surface area contributed by atoms with E-state index in [0.717, 1.165) is 29.7 Å². The Kier molecular flexibility index (Phi) is 5.77. The molecule has 1 atom stereocenters. The number of carbonyl (C=O) groups is 1. The maximum Gasteiger partial charge on any atom is 0.338 e. The number of piperidine rings is 1. The summed E-state index contributed by atoms with van der Waals surface area (Å²) in [7, 11) is 0. The van der Waals surface area contributed by atoms with Crippen molar-refractivity contribution in [1.82, 2.24) is 9.88 Å². The number of benzene rings is 1. The quantitative estimate of drug-likeness (QED) is 0.828. The molecule has 0 amide bonds. The third kappa shape index (κ3) is 3.83. The number of esters is 1. The largest absolute Gasteiger partial charge is 0.462 e. The van der Waals surface area contributed by atoms with E-state index in [0.29, 0.717) is 30.1 Å². The molecule has 1 N–H and O–H groups in total. The number of ether oxygens (including phenoxy) is 1. The number of aryl methyl sites for hydroxylation is 1. The van der Waals surface area contributed by atoms with E-state index in [2.05, 4.69) is 16.8 Å². The van der Waals surface area contributed by atoms with Crippen LogP contribution in [0.1, 0.15) is 61.1 Å². The smallest absolute Gasteiger partial charge is 0.338 e. The lowest BCUT2D eigenvalue weighted by Gasteiger charge is -2.33. The minimum atomic E-state index is -0.375. The van der Waals surface area contributed by atoms with Gasteiger partial charge >= 0.3 is 5.97 Å². The van der Waals surface area contributed by atoms with Gasteiger partial charge in [-0.3, -0.25) is 9.69 Å². The minimum absolute atomic E-state index is 0.0131. The molecule has 0 spiro atoms. The number of likely N-dealkylation sites (tertiary alicyclic amines) is 1. The Morgan fingerprint density at radius 1 is 1.35 bits per heavy atom. The molecule has 0 bridgehead atoms. The second-order valence-electron chi connectivity index (χ2n) is 7.27. The lowest BCUT2D eigenvalue weighted by atomic mass is 10.0. The summed E-state index contributed by atoms with van der Waals surface area (Å²) < 4.78 is 5.20. The van der Waals surface area contributed by atoms with Crippen LogP contribution in [-0.2, 0) is 11.3 Å². The lowest BCUT2D eigenvalue weighted by molar-refractivity contribution is 0.0505. The van der Waals surface area contributed by atoms with Crippen LogP contribution in [0.3, 0.4) is 0 Å². The van der Waals surface area contributed by atoms with Crippen molar-refractivity contribution < 1.29 is 9.53 Å². The molecule has 1 fully saturated rings. The first-order chi connectivity index (χ1) is 12.5. The SMILES string of the molecule is CCCOC(=O)c1ccc2[nH]c(C)c(CN3CCCCC3C)c(=O)c2c1. The predicted octanol–water partition coefficient (Wildman–Crippen LogP) is 3.78. The average Bonchev–Trinajstić information content (AvgIpc) is 2.64. The molecule has 0 radical (unpaired) electrons. The van der Waals surface area contributed by atoms with Crippen LogP contribution in [-0.4, -0.2) is 35.0 Å². The van der Waals surface area contributed by atoms with Crippen molar-refractivity contribution in [3.8, 4) is 0 Å². The van der Waals surface area contributed by atoms with Gasteiger partial charge in [-0.05, 0) is 57.9 Å². The predicted molar refractivity (Wildman–Crippen MR) is 104 cm³/mol. The number of fused-ring (bicyclic) bond motifs is 1. The zero-order valence-electron chi connectivity index (χ0n) is 15.9. The number of rotatable bonds is 5. The topological polar surface area (TPSA) is 62.4 Å². The van der Waals surface area contributed by atoms with Gasteiger partial charge < -0.3 is 9.72 Å². The monoisotopic (exact) mass is 356 g/mol. The van der Waals surface area contributed by atoms with Gasteiger partial charge in [0.25, 0.3) is 0 Å². The Hall–Kier alpha value is -2.14. The van der Waals surface area contributed by atoms with Crippen LogP contribution >= 0.6 is 0 Å². The molecule has 1 aliphatic rings. The maximum absolute atomic E-state index is 13.1. The molecule has 140 valence electrons. The molecule has 1 aliphatic heterocycles. The van der Waals surface area contributed by atoms with Crippen molar-refractivity contribution in [2.75, 3.05) is 13.2 Å². The molecular weight excluding hydrogens is 328 g/mol. The number of aromatic amines is 1. The van der Waals surface area contributed by atoms with Crippen molar-refractivity contribution in [3.05, 3.63) is 45.2 Å². The highest BCUT2D eigenvalue weighted by molar-refractivity contribution is 5.94. The van der Waals surface area contributed by atoms with Gasteiger partial charge in [0.15, 0.2) is 5.43 Å². The molecule has 5 nitrogen and oxygen atoms in total. The number of hydrogen-bond donors (Lipinski definition) is 1. The molecule has 5 heteroatoms. The summed E-state index contributed by atoms with van der Waals surface area (Å²) in [5.74, 6) is -0.375. The molecule has 0 aliphatic carbocycles. The van der Waals surface area contributed by atoms with Gasteiger partial charge in [-0.25, -0.2) is 4.79 Å². The van der Waals surface area contributed by atoms with Crippen molar-refractivity contribution >= 4 is 16.9 Å². The summed E-state index contributed by atoms with van der Waals surface area (Å²) in [5, 5.41) is 0.557. The lowest BCUT2D eigenvalue weighted by Crippen LogP contribution is -2.38. The molecule has 26 heavy (non-hydrogen) atoms. The van der Waals surface area contributed by atoms with Crippen molar-refractivity contribution in [1.29, 1.82) is 0 Å². The first-order valence-corrected chi connectivity index (χ1v) is 9.58. The number of hydrogen-bond acceptors (Lipinski definition) is 4. The summed E-state index contributed by atoms with van der Waals surface area (Å²) >= 11 is 0. The van der Waals surface area contributed by atoms with E-state index in [1.165, 1.54) is 19.3 Å². The van der Waals surface area contributed by atoms with Crippen LogP contribution in [0, 0.1) is 6.92 Å². The molecule has 1 aromatic heterocycles. The van der Waals surface area contributed by atoms with Crippen molar-refractivity contribution in [2.24, 2.45) is 0 Å². The standard InChI is InChI=1S/C21H28N2O3/c1-4-11-26-21(25)16-8-9-19-17(12-16)20(24)18(15(3)22-19)13-23-10-6-5-7-14(23)2/h8-9,12,14H,4-7,10-11,13H2,1-3H3,(H,22,24). The van der Waals surface area contributed by atoms with Gasteiger partial charge in [0, 0.05) is 34.7 Å². The second kappa shape index (κ2) is 8.04. The summed E-state index contributed by atoms with van der Waals surface area (Å²) in [5.41, 5.74) is 2.90. The van der Waals surface area contributed by atoms with Crippen molar-refractivity contribution in [2.45, 2.75) is 59.0 Å². The van der Waals surface area contributed by atoms with Crippen molar-refractivity contribution in [3.63, 3.8) is 0 Å². The fourth-order valence-corrected chi connectivity index (χ4v) is 3.64. The Bertz CT molecular complexity index is 856. The van der Waals surface area contributed by atoms with E-state index < -0.39 is 0 Å². The fraction of sp³-hybridized carbons (Fsp3) is 0.524. The van der Waals surface area contributed by atoms with E-state index in [1.807, 2.05) is 13.8 Å². The molecule has 2 aromatic rings. The van der Waals surface area contributed by atoms with E-state index in [4.69, 9.17) is 4.74 Å². The number of carbonyl (C=O) groups excluding carboxylic acids is 1. The maximum atomic E-state index is 13.1. The van der Waals surface area contributed by atoms with Crippen LogP contribution in [0.25, 0.3) is 10.9 Å². The van der Waals surface area contributed by atoms with E-state index in [9.17, 15) is 9.59 Å². The van der Waals surface area contributed by atoms with Gasteiger partial charge in [-0.15, -0.1) is 0 Å². The number of nitrogens with one attached hydrogen (secondary N) is 1. The summed E-state index contributed by atoms with van der Waals surface area (Å²) in [4.78, 5) is 31.0. The molecular formula is C21H28N2O3. The summed E-state index contributed by atoms with van der Waals surface area (Å²) in [6, 6.07) is 5.66. The van der Waals surface area contributed by atoms with Gasteiger partial charge in [-0.2, -0.15) is 0 Å². The van der Waals surface area contributed by atoms with E-state index in [1.54, 1.807) is 18.2 Å². The van der Waals surface area contributed by atoms with E-state index in [-0.39, 0.29) is 11.4 Å². The third-order valence-corrected chi connectivity index (χ3v) is 5.29. The van der Waals surface area contributed by atoms with Gasteiger partial charge in [0.1, 0.15) is 0 Å². The molecule has 2 heterocycles. The van der Waals surface area contributed by atoms with Gasteiger partial charge in [0.2, 0.25) is 0 Å². The summed E-state index contributed by atoms with van der Waals surface area (Å²) in [6.07, 6.45) is 4.39. The van der Waals surface area contributed by atoms with Crippen LogP contribution in [0.5, 0.6) is 0 Å². The summed E-state index contributed by atoms with van der Waals surface area (Å²) in [6.45, 7) is 8.21. The normalized spacial score (nSPS) is 18.2. The van der Waals surface area contributed by atoms with Crippen LogP contribution < -0.4 is 5.43 Å². The minimum Gasteiger partial charge on any atom is -0.462 e. The number of nitrogens with zero attached hydrogens (tertiary/aromatic N) is 1. The molecule has 1 aromatic carbocycles. The van der Waals surface area contributed by atoms with Crippen LogP contribution in [0.4, 0.5) is 0 Å². The molecule has 3 rings (SSSR count). The van der Waals surface area contributed by atoms with E-state index >= 15 is 0 Å². The first kappa shape index (κ1) is 18.6. The molecule has 0 saturated carbocycles. The van der Waals surface area contributed by atoms with Gasteiger partial charge in [0.05, 0.1) is 12.2 Å². The fourth-order valence-electron chi connectivity index (χ4n) is 3.64. The number of pyridine rings is 1. The Morgan fingerprint density at radius 2 is 2.15 bits per heavy atom. The van der Waals surface area contributed by atoms with Crippen LogP contribution in [0.2, 0.25) is 0 Å². The highest BCUT2D eigenvalue weighted by Crippen LogP contribution is 2.21. The third-order valence-electron chi connectivity index (χ3n) is 5.29. The zero-order chi connectivity index (χ0) is 18.7. The van der Waals surface area contributed by atoms with Crippen LogP contribution in [0.15, 0.2) is 23.0 Å². The Morgan fingerprint density at radius 3 is 2.88 bits per heavy atom. The number of aromatic nitrogens is 1. The first-order valence-electron chi connectivity index (χ1n) is 9.58. The molecule has 1 saturated heterocycles. The Balaban J connectivity index is 1.96.